The highest BCUT2D eigenvalue weighted by molar-refractivity contribution is 7.96. The Bertz CT molecular complexity index is 2670. The number of hydrogen-bond donors (Lipinski definition) is 0. The minimum absolute atomic E-state index is 0.149. The Morgan fingerprint density at radius 2 is 0.964 bits per heavy atom. The maximum Gasteiger partial charge on any atom is 0.380 e. The summed E-state index contributed by atoms with van der Waals surface area (Å²) in [5.41, 5.74) is -5.26. The minimum atomic E-state index is -6.12. The van der Waals surface area contributed by atoms with Gasteiger partial charge in [0.1, 0.15) is 0 Å². The summed E-state index contributed by atoms with van der Waals surface area (Å²) < 4.78 is 153. The van der Waals surface area contributed by atoms with Gasteiger partial charge >= 0.3 is 17.8 Å². The van der Waals surface area contributed by atoms with E-state index in [1.165, 1.54) is 44.2 Å². The Labute approximate surface area is 312 Å². The summed E-state index contributed by atoms with van der Waals surface area (Å²) in [5, 5.41) is 11.1. The van der Waals surface area contributed by atoms with Crippen LogP contribution in [0.25, 0.3) is 33.4 Å². The molecule has 0 radical (unpaired) electrons. The van der Waals surface area contributed by atoms with Crippen LogP contribution in [0.1, 0.15) is 37.8 Å². The molecule has 3 aliphatic rings. The van der Waals surface area contributed by atoms with Crippen LogP contribution in [0.5, 0.6) is 0 Å². The maximum absolute atomic E-state index is 16.4. The Morgan fingerprint density at radius 1 is 0.600 bits per heavy atom. The molecule has 0 aromatic heterocycles. The van der Waals surface area contributed by atoms with Crippen LogP contribution in [0.4, 0.5) is 37.7 Å². The number of nitrogens with zero attached hydrogens (tertiary/aromatic N) is 2. The van der Waals surface area contributed by atoms with Gasteiger partial charge in [0.05, 0.1) is 24.5 Å². The third kappa shape index (κ3) is 5.24. The highest BCUT2D eigenvalue weighted by Crippen LogP contribution is 2.67. The number of halogens is 6. The summed E-state index contributed by atoms with van der Waals surface area (Å²) >= 11 is 0. The van der Waals surface area contributed by atoms with Crippen LogP contribution in [0.3, 0.4) is 0 Å². The average Bonchev–Trinajstić information content (AvgIpc) is 3.54. The molecule has 4 aromatic carbocycles. The highest BCUT2D eigenvalue weighted by Gasteiger charge is 2.81. The summed E-state index contributed by atoms with van der Waals surface area (Å²) in [5.74, 6) is -17.5. The largest absolute Gasteiger partial charge is 0.380 e. The van der Waals surface area contributed by atoms with E-state index >= 15 is 26.3 Å². The standard InChI is InChI=1S/C39H30F6N2O6S2/c1-5-29-33(27-17-11-23(19-31(27)54(29,50)51)21-7-13-25(14-8-21)46(3)4)35-36(38(42,43)39(44,45)37(35,40)41)34-28-18-12-24(20-32(28)55(52,53)30(34)6-2)22-9-15-26(16-10-22)47(48)49/h7-20H,5-6H2,1-4H3. The normalized spacial score (nSPS) is 19.8. The number of hydrogen-bond acceptors (Lipinski definition) is 7. The lowest BCUT2D eigenvalue weighted by Crippen LogP contribution is -2.49. The van der Waals surface area contributed by atoms with Crippen LogP contribution < -0.4 is 4.90 Å². The second-order valence-electron chi connectivity index (χ2n) is 13.5. The lowest BCUT2D eigenvalue weighted by atomic mass is 9.86. The smallest absolute Gasteiger partial charge is 0.378 e. The van der Waals surface area contributed by atoms with E-state index in [-0.39, 0.29) is 16.8 Å². The SMILES string of the molecule is CCC1=C(C2=C(C3=C(CC)S(=O)(=O)c4cc(-c5ccc([N+](=O)[O-])cc5)ccc43)C(F)(F)C(F)(F)C2(F)F)c2ccc(-c3ccc(N(C)C)cc3)cc2S1(=O)=O. The van der Waals surface area contributed by atoms with Gasteiger partial charge in [-0.05, 0) is 71.5 Å². The van der Waals surface area contributed by atoms with Gasteiger partial charge in [0.25, 0.3) is 5.69 Å². The number of benzene rings is 4. The molecule has 0 spiro atoms. The first-order chi connectivity index (χ1) is 25.6. The van der Waals surface area contributed by atoms with Gasteiger partial charge in [0.15, 0.2) is 0 Å². The van der Waals surface area contributed by atoms with Crippen molar-refractivity contribution in [1.82, 2.24) is 0 Å². The lowest BCUT2D eigenvalue weighted by molar-refractivity contribution is -0.384. The third-order valence-corrected chi connectivity index (χ3v) is 14.3. The molecule has 0 fully saturated rings. The fourth-order valence-corrected chi connectivity index (χ4v) is 11.2. The fourth-order valence-electron chi connectivity index (χ4n) is 7.49. The predicted molar refractivity (Wildman–Crippen MR) is 195 cm³/mol. The molecule has 0 saturated heterocycles. The van der Waals surface area contributed by atoms with Crippen LogP contribution in [0.15, 0.2) is 116 Å². The van der Waals surface area contributed by atoms with E-state index < -0.39 is 108 Å². The molecule has 0 atom stereocenters. The number of nitro groups is 1. The van der Waals surface area contributed by atoms with Crippen molar-refractivity contribution in [2.24, 2.45) is 0 Å². The maximum atomic E-state index is 16.4. The topological polar surface area (TPSA) is 115 Å². The zero-order chi connectivity index (χ0) is 40.2. The highest BCUT2D eigenvalue weighted by atomic mass is 32.2. The number of non-ortho nitro benzene ring substituents is 1. The molecule has 7 rings (SSSR count). The number of alkyl halides is 6. The summed E-state index contributed by atoms with van der Waals surface area (Å²) in [4.78, 5) is 9.50. The van der Waals surface area contributed by atoms with E-state index in [0.717, 1.165) is 36.0 Å². The third-order valence-electron chi connectivity index (χ3n) is 10.2. The first kappa shape index (κ1) is 38.1. The molecule has 0 unspecified atom stereocenters. The van der Waals surface area contributed by atoms with Gasteiger partial charge < -0.3 is 4.90 Å². The van der Waals surface area contributed by atoms with Gasteiger partial charge in [-0.15, -0.1) is 0 Å². The average molecular weight is 801 g/mol. The lowest BCUT2D eigenvalue weighted by Gasteiger charge is -2.26. The molecule has 55 heavy (non-hydrogen) atoms. The van der Waals surface area contributed by atoms with Crippen molar-refractivity contribution in [2.45, 2.75) is 54.2 Å². The predicted octanol–water partition coefficient (Wildman–Crippen LogP) is 9.73. The summed E-state index contributed by atoms with van der Waals surface area (Å²) in [6.45, 7) is 2.49. The molecule has 2 aliphatic heterocycles. The molecule has 0 bridgehead atoms. The summed E-state index contributed by atoms with van der Waals surface area (Å²) in [6.07, 6.45) is -1.12. The van der Waals surface area contributed by atoms with Gasteiger partial charge in [-0.3, -0.25) is 10.1 Å². The van der Waals surface area contributed by atoms with E-state index in [2.05, 4.69) is 0 Å². The van der Waals surface area contributed by atoms with Crippen molar-refractivity contribution < 1.29 is 48.1 Å². The number of rotatable bonds is 8. The minimum Gasteiger partial charge on any atom is -0.378 e. The molecule has 0 saturated carbocycles. The molecule has 8 nitrogen and oxygen atoms in total. The Morgan fingerprint density at radius 3 is 1.31 bits per heavy atom. The number of anilines is 1. The Hall–Kier alpha value is -5.22. The second kappa shape index (κ2) is 12.4. The van der Waals surface area contributed by atoms with Crippen molar-refractivity contribution in [1.29, 1.82) is 0 Å². The molecule has 1 aliphatic carbocycles. The van der Waals surface area contributed by atoms with Crippen molar-refractivity contribution >= 4 is 42.2 Å². The van der Waals surface area contributed by atoms with Crippen molar-refractivity contribution in [3.05, 3.63) is 127 Å². The van der Waals surface area contributed by atoms with Gasteiger partial charge in [-0.25, -0.2) is 16.8 Å². The zero-order valence-electron chi connectivity index (χ0n) is 29.4. The van der Waals surface area contributed by atoms with Gasteiger partial charge in [0.2, 0.25) is 19.7 Å². The molecule has 0 N–H and O–H groups in total. The number of allylic oxidation sites excluding steroid dienone is 6. The van der Waals surface area contributed by atoms with E-state index in [1.807, 2.05) is 19.0 Å². The van der Waals surface area contributed by atoms with Gasteiger partial charge in [-0.2, -0.15) is 26.3 Å². The quantitative estimate of drug-likeness (QED) is 0.0991. The van der Waals surface area contributed by atoms with E-state index in [0.29, 0.717) is 11.1 Å². The van der Waals surface area contributed by atoms with Crippen molar-refractivity contribution in [3.63, 3.8) is 0 Å². The van der Waals surface area contributed by atoms with Crippen LogP contribution >= 0.6 is 0 Å². The summed E-state index contributed by atoms with van der Waals surface area (Å²) in [7, 11) is -5.88. The fraction of sp³-hybridized carbons (Fsp3) is 0.231. The monoisotopic (exact) mass is 800 g/mol. The van der Waals surface area contributed by atoms with Crippen LogP contribution in [-0.4, -0.2) is 53.6 Å². The molecule has 0 amide bonds. The van der Waals surface area contributed by atoms with E-state index in [4.69, 9.17) is 0 Å². The van der Waals surface area contributed by atoms with Gasteiger partial charge in [-0.1, -0.05) is 50.2 Å². The molecule has 16 heteroatoms. The molecular weight excluding hydrogens is 771 g/mol. The van der Waals surface area contributed by atoms with Crippen LogP contribution in [-0.2, 0) is 19.7 Å². The van der Waals surface area contributed by atoms with Crippen molar-refractivity contribution in [2.75, 3.05) is 19.0 Å². The van der Waals surface area contributed by atoms with Crippen LogP contribution in [0, 0.1) is 10.1 Å². The van der Waals surface area contributed by atoms with Gasteiger partial charge in [0, 0.05) is 65.3 Å². The molecular formula is C39H30F6N2O6S2. The first-order valence-corrected chi connectivity index (χ1v) is 19.8. The number of fused-ring (bicyclic) bond motifs is 2. The van der Waals surface area contributed by atoms with E-state index in [9.17, 15) is 26.9 Å². The second-order valence-corrected chi connectivity index (χ2v) is 17.3. The van der Waals surface area contributed by atoms with Crippen LogP contribution in [0.2, 0.25) is 0 Å². The number of nitro benzene ring substituents is 1. The molecule has 4 aromatic rings. The Balaban J connectivity index is 1.50. The first-order valence-electron chi connectivity index (χ1n) is 16.8. The van der Waals surface area contributed by atoms with Crippen molar-refractivity contribution in [3.8, 4) is 22.3 Å². The summed E-state index contributed by atoms with van der Waals surface area (Å²) in [6, 6.07) is 18.8. The molecule has 2 heterocycles. The molecule has 286 valence electrons. The zero-order valence-corrected chi connectivity index (χ0v) is 31.1. The number of sulfone groups is 2. The van der Waals surface area contributed by atoms with E-state index in [1.54, 1.807) is 24.3 Å². The Kier molecular flexibility index (Phi) is 8.58.